The molecule has 2 nitrogen and oxygen atoms in total. The average molecular weight is 279 g/mol. The number of rotatable bonds is 7. The zero-order chi connectivity index (χ0) is 13.4. The Bertz CT molecular complexity index is 340. The molecule has 102 valence electrons. The zero-order valence-electron chi connectivity index (χ0n) is 10.1. The normalized spacial score (nSPS) is 11.8. The highest BCUT2D eigenvalue weighted by Crippen LogP contribution is 2.29. The van der Waals surface area contributed by atoms with Gasteiger partial charge in [-0.15, -0.1) is 0 Å². The average Bonchev–Trinajstić information content (AvgIpc) is 2.30. The summed E-state index contributed by atoms with van der Waals surface area (Å²) in [6.07, 6.45) is 0. The number of thioether (sulfide) groups is 1. The molecule has 0 fully saturated rings. The summed E-state index contributed by atoms with van der Waals surface area (Å²) in [5.41, 5.74) is -2.01. The van der Waals surface area contributed by atoms with E-state index in [1.165, 1.54) is 0 Å². The molecule has 6 heteroatoms. The van der Waals surface area contributed by atoms with E-state index in [0.717, 1.165) is 11.1 Å². The molecule has 0 aliphatic carbocycles. The van der Waals surface area contributed by atoms with Gasteiger partial charge in [-0.2, -0.15) is 13.2 Å². The van der Waals surface area contributed by atoms with Gasteiger partial charge in [0.05, 0.1) is 6.61 Å². The summed E-state index contributed by atoms with van der Waals surface area (Å²) in [6.45, 7) is 1.48. The molecule has 0 atom stereocenters. The Kier molecular flexibility index (Phi) is 6.52. The van der Waals surface area contributed by atoms with Gasteiger partial charge in [-0.05, 0) is 22.9 Å². The Morgan fingerprint density at radius 3 is 2.33 bits per heavy atom. The Hall–Kier alpha value is -0.720. The lowest BCUT2D eigenvalue weighted by Gasteiger charge is -2.07. The smallest absolute Gasteiger partial charge is 0.380 e. The maximum Gasteiger partial charge on any atom is 0.441 e. The summed E-state index contributed by atoms with van der Waals surface area (Å²) in [5, 5.41) is 2.97. The Morgan fingerprint density at radius 2 is 1.78 bits per heavy atom. The van der Waals surface area contributed by atoms with Crippen molar-refractivity contribution in [3.8, 4) is 0 Å². The van der Waals surface area contributed by atoms with Crippen LogP contribution in [0, 0.1) is 0 Å². The highest BCUT2D eigenvalue weighted by molar-refractivity contribution is 8.00. The molecule has 0 radical (unpaired) electrons. The van der Waals surface area contributed by atoms with Crippen LogP contribution in [0.2, 0.25) is 0 Å². The van der Waals surface area contributed by atoms with Crippen molar-refractivity contribution in [3.63, 3.8) is 0 Å². The monoisotopic (exact) mass is 279 g/mol. The van der Waals surface area contributed by atoms with E-state index in [-0.39, 0.29) is 17.5 Å². The maximum atomic E-state index is 11.8. The van der Waals surface area contributed by atoms with E-state index in [2.05, 4.69) is 5.32 Å². The molecule has 0 saturated heterocycles. The fourth-order valence-electron chi connectivity index (χ4n) is 1.39. The van der Waals surface area contributed by atoms with Gasteiger partial charge in [0.15, 0.2) is 0 Å². The Balaban J connectivity index is 2.19. The summed E-state index contributed by atoms with van der Waals surface area (Å²) in [7, 11) is 1.63. The van der Waals surface area contributed by atoms with Crippen molar-refractivity contribution in [3.05, 3.63) is 35.4 Å². The van der Waals surface area contributed by atoms with E-state index in [4.69, 9.17) is 4.74 Å². The SMILES string of the molecule is COCc1ccc(CNCCSC(F)(F)F)cc1. The summed E-state index contributed by atoms with van der Waals surface area (Å²) in [6, 6.07) is 7.78. The number of ether oxygens (including phenoxy) is 1. The number of alkyl halides is 3. The fourth-order valence-corrected chi connectivity index (χ4v) is 1.87. The number of halogens is 3. The van der Waals surface area contributed by atoms with Crippen molar-refractivity contribution in [1.82, 2.24) is 5.32 Å². The van der Waals surface area contributed by atoms with Crippen LogP contribution in [0.5, 0.6) is 0 Å². The second-order valence-corrected chi connectivity index (χ2v) is 4.88. The molecule has 0 bridgehead atoms. The molecule has 18 heavy (non-hydrogen) atoms. The lowest BCUT2D eigenvalue weighted by molar-refractivity contribution is -0.0327. The van der Waals surface area contributed by atoms with Crippen LogP contribution < -0.4 is 5.32 Å². The molecule has 0 aromatic heterocycles. The lowest BCUT2D eigenvalue weighted by Crippen LogP contribution is -2.18. The van der Waals surface area contributed by atoms with Gasteiger partial charge < -0.3 is 10.1 Å². The molecule has 0 amide bonds. The third-order valence-corrected chi connectivity index (χ3v) is 2.94. The summed E-state index contributed by atoms with van der Waals surface area (Å²) in [4.78, 5) is 0. The van der Waals surface area contributed by atoms with Gasteiger partial charge in [0.2, 0.25) is 0 Å². The van der Waals surface area contributed by atoms with E-state index in [1.54, 1.807) is 7.11 Å². The molecular formula is C12H16F3NOS. The minimum atomic E-state index is -4.14. The number of hydrogen-bond donors (Lipinski definition) is 1. The first-order valence-corrected chi connectivity index (χ1v) is 6.48. The van der Waals surface area contributed by atoms with Crippen LogP contribution in [0.4, 0.5) is 13.2 Å². The molecular weight excluding hydrogens is 263 g/mol. The minimum Gasteiger partial charge on any atom is -0.380 e. The number of methoxy groups -OCH3 is 1. The Morgan fingerprint density at radius 1 is 1.17 bits per heavy atom. The molecule has 0 saturated carbocycles. The van der Waals surface area contributed by atoms with Gasteiger partial charge in [-0.3, -0.25) is 0 Å². The maximum absolute atomic E-state index is 11.8. The fraction of sp³-hybridized carbons (Fsp3) is 0.500. The molecule has 0 aliphatic heterocycles. The second kappa shape index (κ2) is 7.66. The molecule has 1 aromatic rings. The van der Waals surface area contributed by atoms with E-state index < -0.39 is 5.51 Å². The summed E-state index contributed by atoms with van der Waals surface area (Å²) in [5.74, 6) is 0.0330. The molecule has 1 rings (SSSR count). The summed E-state index contributed by atoms with van der Waals surface area (Å²) < 4.78 is 40.5. The van der Waals surface area contributed by atoms with E-state index >= 15 is 0 Å². The number of nitrogens with one attached hydrogen (secondary N) is 1. The first kappa shape index (κ1) is 15.3. The van der Waals surface area contributed by atoms with Gasteiger partial charge in [0.25, 0.3) is 0 Å². The standard InChI is InChI=1S/C12H16F3NOS/c1-17-9-11-4-2-10(3-5-11)8-16-6-7-18-12(13,14)15/h2-5,16H,6-9H2,1H3. The van der Waals surface area contributed by atoms with Crippen molar-refractivity contribution < 1.29 is 17.9 Å². The van der Waals surface area contributed by atoms with Crippen molar-refractivity contribution in [2.45, 2.75) is 18.7 Å². The molecule has 0 unspecified atom stereocenters. The van der Waals surface area contributed by atoms with Crippen LogP contribution in [-0.4, -0.2) is 24.9 Å². The van der Waals surface area contributed by atoms with E-state index in [0.29, 0.717) is 19.7 Å². The van der Waals surface area contributed by atoms with Gasteiger partial charge in [0, 0.05) is 26.0 Å². The van der Waals surface area contributed by atoms with E-state index in [1.807, 2.05) is 24.3 Å². The third-order valence-electron chi connectivity index (χ3n) is 2.21. The van der Waals surface area contributed by atoms with Crippen molar-refractivity contribution in [2.75, 3.05) is 19.4 Å². The van der Waals surface area contributed by atoms with E-state index in [9.17, 15) is 13.2 Å². The molecule has 1 aromatic carbocycles. The second-order valence-electron chi connectivity index (χ2n) is 3.72. The van der Waals surface area contributed by atoms with Crippen molar-refractivity contribution in [2.24, 2.45) is 0 Å². The predicted octanol–water partition coefficient (Wildman–Crippen LogP) is 3.18. The van der Waals surface area contributed by atoms with Crippen LogP contribution in [-0.2, 0) is 17.9 Å². The first-order valence-electron chi connectivity index (χ1n) is 5.49. The van der Waals surface area contributed by atoms with Crippen LogP contribution in [0.1, 0.15) is 11.1 Å². The quantitative estimate of drug-likeness (QED) is 0.775. The van der Waals surface area contributed by atoms with Crippen molar-refractivity contribution in [1.29, 1.82) is 0 Å². The third kappa shape index (κ3) is 6.88. The van der Waals surface area contributed by atoms with Gasteiger partial charge in [0.1, 0.15) is 0 Å². The van der Waals surface area contributed by atoms with Crippen LogP contribution >= 0.6 is 11.8 Å². The topological polar surface area (TPSA) is 21.3 Å². The largest absolute Gasteiger partial charge is 0.441 e. The van der Waals surface area contributed by atoms with Crippen LogP contribution in [0.3, 0.4) is 0 Å². The van der Waals surface area contributed by atoms with Gasteiger partial charge in [-0.25, -0.2) is 0 Å². The molecule has 0 spiro atoms. The lowest BCUT2D eigenvalue weighted by atomic mass is 10.1. The van der Waals surface area contributed by atoms with Gasteiger partial charge >= 0.3 is 5.51 Å². The Labute approximate surface area is 109 Å². The predicted molar refractivity (Wildman–Crippen MR) is 67.4 cm³/mol. The summed E-state index contributed by atoms with van der Waals surface area (Å²) >= 11 is -0.00127. The zero-order valence-corrected chi connectivity index (χ0v) is 10.9. The highest BCUT2D eigenvalue weighted by Gasteiger charge is 2.27. The van der Waals surface area contributed by atoms with Gasteiger partial charge in [-0.1, -0.05) is 24.3 Å². The molecule has 0 heterocycles. The van der Waals surface area contributed by atoms with Crippen LogP contribution in [0.25, 0.3) is 0 Å². The molecule has 0 aliphatic rings. The van der Waals surface area contributed by atoms with Crippen LogP contribution in [0.15, 0.2) is 24.3 Å². The minimum absolute atomic E-state index is 0.00127. The number of hydrogen-bond acceptors (Lipinski definition) is 3. The first-order chi connectivity index (χ1) is 8.51. The van der Waals surface area contributed by atoms with Crippen molar-refractivity contribution >= 4 is 11.8 Å². The molecule has 1 N–H and O–H groups in total. The number of benzene rings is 1. The highest BCUT2D eigenvalue weighted by atomic mass is 32.2.